The molecule has 1 aliphatic rings. The Kier molecular flexibility index (Phi) is 5.59. The van der Waals surface area contributed by atoms with Crippen LogP contribution < -0.4 is 15.5 Å². The van der Waals surface area contributed by atoms with Gasteiger partial charge < -0.3 is 15.5 Å². The number of carbonyl (C=O) groups is 2. The van der Waals surface area contributed by atoms with E-state index in [0.29, 0.717) is 41.5 Å². The van der Waals surface area contributed by atoms with Gasteiger partial charge in [0.15, 0.2) is 11.5 Å². The average Bonchev–Trinajstić information content (AvgIpc) is 3.28. The molecule has 0 aliphatic carbocycles. The molecule has 0 unspecified atom stereocenters. The zero-order valence-electron chi connectivity index (χ0n) is 18.2. The number of fused-ring (bicyclic) bond motifs is 1. The number of rotatable bonds is 4. The molecule has 0 radical (unpaired) electrons. The molecule has 0 saturated carbocycles. The van der Waals surface area contributed by atoms with Crippen molar-refractivity contribution >= 4 is 29.0 Å². The lowest BCUT2D eigenvalue weighted by Crippen LogP contribution is -2.47. The number of hydrogen-bond donors (Lipinski definition) is 2. The monoisotopic (exact) mass is 480 g/mol. The molecule has 1 aliphatic heterocycles. The van der Waals surface area contributed by atoms with Crippen LogP contribution in [0.25, 0.3) is 16.9 Å². The van der Waals surface area contributed by atoms with E-state index in [0.717, 1.165) is 12.1 Å². The average molecular weight is 480 g/mol. The smallest absolute Gasteiger partial charge is 0.353 e. The number of carbonyl (C=O) groups excluding carboxylic acids is 2. The van der Waals surface area contributed by atoms with Gasteiger partial charge in [-0.15, -0.1) is 5.10 Å². The first kappa shape index (κ1) is 22.4. The number of nitrogens with one attached hydrogen (secondary N) is 2. The summed E-state index contributed by atoms with van der Waals surface area (Å²) in [4.78, 5) is 30.6. The highest BCUT2D eigenvalue weighted by atomic mass is 19.4. The van der Waals surface area contributed by atoms with Crippen LogP contribution in [0.4, 0.5) is 24.7 Å². The largest absolute Gasteiger partial charge is 0.416 e. The summed E-state index contributed by atoms with van der Waals surface area (Å²) in [6, 6.07) is 14.7. The van der Waals surface area contributed by atoms with Crippen LogP contribution in [0.2, 0.25) is 0 Å². The molecular weight excluding hydrogens is 461 g/mol. The lowest BCUT2D eigenvalue weighted by Gasteiger charge is -2.26. The van der Waals surface area contributed by atoms with E-state index in [4.69, 9.17) is 0 Å². The van der Waals surface area contributed by atoms with Crippen molar-refractivity contribution in [3.05, 3.63) is 78.0 Å². The van der Waals surface area contributed by atoms with Gasteiger partial charge in [-0.25, -0.2) is 9.50 Å². The Morgan fingerprint density at radius 1 is 1.06 bits per heavy atom. The van der Waals surface area contributed by atoms with Gasteiger partial charge in [-0.2, -0.15) is 13.2 Å². The Bertz CT molecular complexity index is 1430. The number of aromatic nitrogens is 3. The molecular formula is C24H19F3N6O2. The van der Waals surface area contributed by atoms with Crippen LogP contribution >= 0.6 is 0 Å². The molecule has 0 spiro atoms. The van der Waals surface area contributed by atoms with E-state index in [-0.39, 0.29) is 18.0 Å². The molecule has 1 fully saturated rings. The first-order valence-electron chi connectivity index (χ1n) is 10.7. The Balaban J connectivity index is 1.42. The molecule has 2 aromatic carbocycles. The van der Waals surface area contributed by atoms with Crippen LogP contribution in [0.5, 0.6) is 0 Å². The van der Waals surface area contributed by atoms with Crippen LogP contribution in [0.15, 0.2) is 66.9 Å². The quantitative estimate of drug-likeness (QED) is 0.466. The fourth-order valence-electron chi connectivity index (χ4n) is 3.89. The highest BCUT2D eigenvalue weighted by molar-refractivity contribution is 6.04. The normalized spacial score (nSPS) is 14.1. The van der Waals surface area contributed by atoms with Gasteiger partial charge in [-0.3, -0.25) is 9.59 Å². The Morgan fingerprint density at radius 3 is 2.69 bits per heavy atom. The number of alkyl halides is 3. The molecule has 0 bridgehead atoms. The second-order valence-electron chi connectivity index (χ2n) is 7.99. The van der Waals surface area contributed by atoms with Crippen LogP contribution in [0.1, 0.15) is 15.9 Å². The highest BCUT2D eigenvalue weighted by Crippen LogP contribution is 2.30. The number of anilines is 2. The first-order chi connectivity index (χ1) is 16.8. The van der Waals surface area contributed by atoms with Gasteiger partial charge in [-0.05, 0) is 36.4 Å². The second-order valence-corrected chi connectivity index (χ2v) is 7.99. The second kappa shape index (κ2) is 8.75. The van der Waals surface area contributed by atoms with Crippen molar-refractivity contribution < 1.29 is 22.8 Å². The molecule has 2 N–H and O–H groups in total. The van der Waals surface area contributed by atoms with E-state index in [1.165, 1.54) is 12.1 Å². The van der Waals surface area contributed by atoms with Gasteiger partial charge in [0, 0.05) is 42.2 Å². The van der Waals surface area contributed by atoms with E-state index < -0.39 is 17.6 Å². The third-order valence-electron chi connectivity index (χ3n) is 5.58. The van der Waals surface area contributed by atoms with Crippen molar-refractivity contribution in [2.45, 2.75) is 6.18 Å². The minimum Gasteiger partial charge on any atom is -0.353 e. The van der Waals surface area contributed by atoms with Gasteiger partial charge in [0.1, 0.15) is 0 Å². The van der Waals surface area contributed by atoms with E-state index in [1.807, 2.05) is 11.0 Å². The lowest BCUT2D eigenvalue weighted by atomic mass is 10.1. The standard InChI is InChI=1S/C24H19F3N6O2/c25-24(26,27)17-5-1-4-16(11-17)23(35)30-18-6-2-3-15(12-18)19-7-8-28-20-13-21(31-33(19)20)32-10-9-29-22(34)14-32/h1-8,11-13H,9-10,14H2,(H,29,34)(H,30,35). The molecule has 5 rings (SSSR count). The van der Waals surface area contributed by atoms with Crippen LogP contribution in [0.3, 0.4) is 0 Å². The highest BCUT2D eigenvalue weighted by Gasteiger charge is 2.31. The topological polar surface area (TPSA) is 91.6 Å². The third-order valence-corrected chi connectivity index (χ3v) is 5.58. The number of benzene rings is 2. The maximum atomic E-state index is 13.0. The number of amides is 2. The fourth-order valence-corrected chi connectivity index (χ4v) is 3.89. The SMILES string of the molecule is O=C1CN(c2cc3nccc(-c4cccc(NC(=O)c5cccc(C(F)(F)F)c5)c4)n3n2)CCN1. The predicted molar refractivity (Wildman–Crippen MR) is 123 cm³/mol. The number of hydrogen-bond acceptors (Lipinski definition) is 5. The number of halogens is 3. The fraction of sp³-hybridized carbons (Fsp3) is 0.167. The van der Waals surface area contributed by atoms with E-state index in [1.54, 1.807) is 41.0 Å². The molecule has 2 amide bonds. The van der Waals surface area contributed by atoms with E-state index in [9.17, 15) is 22.8 Å². The predicted octanol–water partition coefficient (Wildman–Crippen LogP) is 3.60. The molecule has 35 heavy (non-hydrogen) atoms. The van der Waals surface area contributed by atoms with Crippen molar-refractivity contribution in [2.24, 2.45) is 0 Å². The van der Waals surface area contributed by atoms with Crippen LogP contribution in [-0.4, -0.2) is 46.0 Å². The van der Waals surface area contributed by atoms with Crippen molar-refractivity contribution in [1.29, 1.82) is 0 Å². The maximum absolute atomic E-state index is 13.0. The van der Waals surface area contributed by atoms with E-state index in [2.05, 4.69) is 20.7 Å². The number of piperazine rings is 1. The summed E-state index contributed by atoms with van der Waals surface area (Å²) >= 11 is 0. The molecule has 2 aromatic heterocycles. The zero-order chi connectivity index (χ0) is 24.6. The Morgan fingerprint density at radius 2 is 1.89 bits per heavy atom. The van der Waals surface area contributed by atoms with Crippen LogP contribution in [0, 0.1) is 0 Å². The molecule has 3 heterocycles. The van der Waals surface area contributed by atoms with E-state index >= 15 is 0 Å². The van der Waals surface area contributed by atoms with Gasteiger partial charge >= 0.3 is 6.18 Å². The zero-order valence-corrected chi connectivity index (χ0v) is 18.2. The first-order valence-corrected chi connectivity index (χ1v) is 10.7. The summed E-state index contributed by atoms with van der Waals surface area (Å²) in [5.74, 6) is -0.114. The molecule has 4 aromatic rings. The molecule has 8 nitrogen and oxygen atoms in total. The van der Waals surface area contributed by atoms with Gasteiger partial charge in [0.05, 0.1) is 17.8 Å². The summed E-state index contributed by atoms with van der Waals surface area (Å²) in [6.07, 6.45) is -2.91. The summed E-state index contributed by atoms with van der Waals surface area (Å²) in [5.41, 5.74) is 1.41. The third kappa shape index (κ3) is 4.65. The summed E-state index contributed by atoms with van der Waals surface area (Å²) in [6.45, 7) is 1.36. The van der Waals surface area contributed by atoms with Crippen molar-refractivity contribution in [2.75, 3.05) is 29.9 Å². The summed E-state index contributed by atoms with van der Waals surface area (Å²) in [5, 5.41) is 10.1. The minimum atomic E-state index is -4.54. The Hall–Kier alpha value is -4.41. The van der Waals surface area contributed by atoms with Crippen molar-refractivity contribution in [3.8, 4) is 11.3 Å². The Labute approximate surface area is 197 Å². The summed E-state index contributed by atoms with van der Waals surface area (Å²) < 4.78 is 40.6. The molecule has 11 heteroatoms. The number of nitrogens with zero attached hydrogens (tertiary/aromatic N) is 4. The van der Waals surface area contributed by atoms with Crippen molar-refractivity contribution in [3.63, 3.8) is 0 Å². The maximum Gasteiger partial charge on any atom is 0.416 e. The lowest BCUT2D eigenvalue weighted by molar-refractivity contribution is -0.137. The molecule has 178 valence electrons. The van der Waals surface area contributed by atoms with Crippen molar-refractivity contribution in [1.82, 2.24) is 19.9 Å². The van der Waals surface area contributed by atoms with Gasteiger partial charge in [0.25, 0.3) is 5.91 Å². The molecule has 0 atom stereocenters. The minimum absolute atomic E-state index is 0.0781. The molecule has 1 saturated heterocycles. The van der Waals surface area contributed by atoms with Crippen LogP contribution in [-0.2, 0) is 11.0 Å². The summed E-state index contributed by atoms with van der Waals surface area (Å²) in [7, 11) is 0. The van der Waals surface area contributed by atoms with Gasteiger partial charge in [-0.1, -0.05) is 18.2 Å². The van der Waals surface area contributed by atoms with Gasteiger partial charge in [0.2, 0.25) is 5.91 Å².